The van der Waals surface area contributed by atoms with Crippen molar-refractivity contribution in [2.24, 2.45) is 0 Å². The molecule has 1 atom stereocenters. The fourth-order valence-electron chi connectivity index (χ4n) is 3.55. The van der Waals surface area contributed by atoms with Gasteiger partial charge in [0.25, 0.3) is 0 Å². The highest BCUT2D eigenvalue weighted by molar-refractivity contribution is 6.32. The molecule has 1 aliphatic carbocycles. The molecular weight excluding hydrogens is 390 g/mol. The third-order valence-electron chi connectivity index (χ3n) is 5.15. The highest BCUT2D eigenvalue weighted by Gasteiger charge is 2.29. The summed E-state index contributed by atoms with van der Waals surface area (Å²) in [6.45, 7) is 2.01. The van der Waals surface area contributed by atoms with Crippen molar-refractivity contribution in [1.29, 1.82) is 0 Å². The molecule has 0 bridgehead atoms. The number of Topliss-reactive ketones (excluding diaryl/α,β-unsaturated/α-hetero) is 1. The van der Waals surface area contributed by atoms with Gasteiger partial charge < -0.3 is 4.74 Å². The lowest BCUT2D eigenvalue weighted by Gasteiger charge is -2.19. The summed E-state index contributed by atoms with van der Waals surface area (Å²) in [5, 5.41) is 8.46. The highest BCUT2D eigenvalue weighted by Crippen LogP contribution is 2.44. The molecule has 0 aliphatic heterocycles. The van der Waals surface area contributed by atoms with Crippen LogP contribution in [-0.4, -0.2) is 37.9 Å². The normalized spacial score (nSPS) is 14.7. The number of aromatic nitrogens is 5. The average Bonchev–Trinajstić information content (AvgIpc) is 3.42. The van der Waals surface area contributed by atoms with Gasteiger partial charge >= 0.3 is 0 Å². The summed E-state index contributed by atoms with van der Waals surface area (Å²) in [5.41, 5.74) is 4.01. The van der Waals surface area contributed by atoms with E-state index < -0.39 is 0 Å². The first kappa shape index (κ1) is 19.7. The van der Waals surface area contributed by atoms with Crippen molar-refractivity contribution >= 4 is 17.4 Å². The molecule has 29 heavy (non-hydrogen) atoms. The van der Waals surface area contributed by atoms with Crippen LogP contribution in [0.2, 0.25) is 5.02 Å². The molecule has 0 spiro atoms. The number of nitrogens with zero attached hydrogens (tertiary/aromatic N) is 5. The Morgan fingerprint density at radius 1 is 1.24 bits per heavy atom. The molecule has 3 heterocycles. The zero-order chi connectivity index (χ0) is 20.4. The Bertz CT molecular complexity index is 1020. The van der Waals surface area contributed by atoms with Crippen molar-refractivity contribution in [1.82, 2.24) is 25.0 Å². The second-order valence-electron chi connectivity index (χ2n) is 7.31. The highest BCUT2D eigenvalue weighted by atomic mass is 35.5. The number of halogens is 1. The quantitative estimate of drug-likeness (QED) is 0.562. The van der Waals surface area contributed by atoms with Crippen molar-refractivity contribution in [2.45, 2.75) is 44.6 Å². The van der Waals surface area contributed by atoms with E-state index in [1.54, 1.807) is 38.0 Å². The molecule has 0 radical (unpaired) electrons. The molecule has 1 aliphatic rings. The summed E-state index contributed by atoms with van der Waals surface area (Å²) in [7, 11) is 1.69. The zero-order valence-corrected chi connectivity index (χ0v) is 17.1. The topological polar surface area (TPSA) is 82.8 Å². The Hall–Kier alpha value is -2.64. The minimum atomic E-state index is -0.0756. The number of carbonyl (C=O) groups excluding carboxylic acids is 1. The van der Waals surface area contributed by atoms with Gasteiger partial charge in [-0.15, -0.1) is 4.80 Å². The number of carbonyl (C=O) groups is 1. The van der Waals surface area contributed by atoms with E-state index in [-0.39, 0.29) is 18.3 Å². The fraction of sp³-hybridized carbons (Fsp3) is 0.381. The number of methoxy groups -OCH3 is 1. The number of rotatable bonds is 8. The lowest BCUT2D eigenvalue weighted by molar-refractivity contribution is -0.117. The molecule has 0 saturated heterocycles. The Morgan fingerprint density at radius 2 is 2.00 bits per heavy atom. The van der Waals surface area contributed by atoms with Gasteiger partial charge in [0.2, 0.25) is 0 Å². The maximum atomic E-state index is 12.8. The van der Waals surface area contributed by atoms with Crippen molar-refractivity contribution in [3.8, 4) is 5.82 Å². The Kier molecular flexibility index (Phi) is 5.69. The van der Waals surface area contributed by atoms with E-state index in [1.165, 1.54) is 23.2 Å². The van der Waals surface area contributed by atoms with Crippen LogP contribution in [0.5, 0.6) is 0 Å². The lowest BCUT2D eigenvalue weighted by Crippen LogP contribution is -2.13. The standard InChI is InChI=1S/C21H22ClN5O2/c1-13(29-2)20-16(11-23-12-18(20)15-3-4-15)9-17(28)7-14-8-19(22)21(24-10-14)27-25-5-6-26-27/h5-6,8,10-13,15H,3-4,7,9H2,1-2H3. The Balaban J connectivity index is 1.52. The summed E-state index contributed by atoms with van der Waals surface area (Å²) >= 11 is 6.31. The van der Waals surface area contributed by atoms with E-state index in [2.05, 4.69) is 20.2 Å². The molecule has 3 aromatic heterocycles. The van der Waals surface area contributed by atoms with E-state index >= 15 is 0 Å². The van der Waals surface area contributed by atoms with Crippen LogP contribution >= 0.6 is 11.6 Å². The summed E-state index contributed by atoms with van der Waals surface area (Å²) in [5.74, 6) is 1.05. The molecule has 1 fully saturated rings. The smallest absolute Gasteiger partial charge is 0.193 e. The van der Waals surface area contributed by atoms with Crippen LogP contribution in [0.25, 0.3) is 5.82 Å². The summed E-state index contributed by atoms with van der Waals surface area (Å²) in [6.07, 6.45) is 11.3. The molecule has 4 rings (SSSR count). The average molecular weight is 412 g/mol. The van der Waals surface area contributed by atoms with Gasteiger partial charge in [0.1, 0.15) is 5.78 Å². The molecular formula is C21H22ClN5O2. The van der Waals surface area contributed by atoms with Gasteiger partial charge in [-0.25, -0.2) is 4.98 Å². The van der Waals surface area contributed by atoms with Gasteiger partial charge in [-0.05, 0) is 54.0 Å². The molecule has 1 saturated carbocycles. The maximum Gasteiger partial charge on any atom is 0.193 e. The minimum Gasteiger partial charge on any atom is -0.377 e. The largest absolute Gasteiger partial charge is 0.377 e. The van der Waals surface area contributed by atoms with E-state index in [0.717, 1.165) is 16.7 Å². The summed E-state index contributed by atoms with van der Waals surface area (Å²) in [4.78, 5) is 22.8. The second-order valence-corrected chi connectivity index (χ2v) is 7.72. The third-order valence-corrected chi connectivity index (χ3v) is 5.43. The van der Waals surface area contributed by atoms with E-state index in [4.69, 9.17) is 16.3 Å². The first-order valence-electron chi connectivity index (χ1n) is 9.59. The molecule has 1 unspecified atom stereocenters. The van der Waals surface area contributed by atoms with E-state index in [1.807, 2.05) is 13.1 Å². The van der Waals surface area contributed by atoms with Gasteiger partial charge in [-0.1, -0.05) is 11.6 Å². The van der Waals surface area contributed by atoms with E-state index in [0.29, 0.717) is 23.2 Å². The predicted octanol–water partition coefficient (Wildman–Crippen LogP) is 3.65. The molecule has 3 aromatic rings. The van der Waals surface area contributed by atoms with Crippen LogP contribution in [0.15, 0.2) is 37.1 Å². The minimum absolute atomic E-state index is 0.0756. The van der Waals surface area contributed by atoms with Crippen LogP contribution in [0.4, 0.5) is 0 Å². The van der Waals surface area contributed by atoms with Gasteiger partial charge in [-0.3, -0.25) is 9.78 Å². The summed E-state index contributed by atoms with van der Waals surface area (Å²) < 4.78 is 5.58. The summed E-state index contributed by atoms with van der Waals surface area (Å²) in [6, 6.07) is 1.74. The van der Waals surface area contributed by atoms with Crippen molar-refractivity contribution in [3.63, 3.8) is 0 Å². The van der Waals surface area contributed by atoms with Crippen molar-refractivity contribution in [3.05, 3.63) is 64.3 Å². The zero-order valence-electron chi connectivity index (χ0n) is 16.4. The first-order chi connectivity index (χ1) is 14.1. The van der Waals surface area contributed by atoms with Crippen LogP contribution in [-0.2, 0) is 22.4 Å². The van der Waals surface area contributed by atoms with Crippen LogP contribution in [0.1, 0.15) is 54.0 Å². The van der Waals surface area contributed by atoms with Crippen LogP contribution < -0.4 is 0 Å². The van der Waals surface area contributed by atoms with Crippen LogP contribution in [0, 0.1) is 0 Å². The monoisotopic (exact) mass is 411 g/mol. The number of ether oxygens (including phenoxy) is 1. The molecule has 7 nitrogen and oxygen atoms in total. The van der Waals surface area contributed by atoms with Gasteiger partial charge in [0, 0.05) is 38.5 Å². The molecule has 150 valence electrons. The first-order valence-corrected chi connectivity index (χ1v) is 9.97. The third kappa shape index (κ3) is 4.36. The number of hydrogen-bond donors (Lipinski definition) is 0. The van der Waals surface area contributed by atoms with Crippen molar-refractivity contribution < 1.29 is 9.53 Å². The molecule has 0 aromatic carbocycles. The van der Waals surface area contributed by atoms with Crippen LogP contribution in [0.3, 0.4) is 0 Å². The predicted molar refractivity (Wildman–Crippen MR) is 108 cm³/mol. The molecule has 8 heteroatoms. The molecule has 0 N–H and O–H groups in total. The number of ketones is 1. The second kappa shape index (κ2) is 8.39. The SMILES string of the molecule is COC(C)c1c(CC(=O)Cc2cnc(-n3nccn3)c(Cl)c2)cncc1C1CC1. The Labute approximate surface area is 174 Å². The fourth-order valence-corrected chi connectivity index (χ4v) is 3.81. The van der Waals surface area contributed by atoms with Gasteiger partial charge in [0.05, 0.1) is 23.5 Å². The van der Waals surface area contributed by atoms with Crippen molar-refractivity contribution in [2.75, 3.05) is 7.11 Å². The van der Waals surface area contributed by atoms with Gasteiger partial charge in [0.15, 0.2) is 5.82 Å². The van der Waals surface area contributed by atoms with Gasteiger partial charge in [-0.2, -0.15) is 10.2 Å². The number of hydrogen-bond acceptors (Lipinski definition) is 6. The van der Waals surface area contributed by atoms with E-state index in [9.17, 15) is 4.79 Å². The Morgan fingerprint density at radius 3 is 2.66 bits per heavy atom. The maximum absolute atomic E-state index is 12.8. The lowest BCUT2D eigenvalue weighted by atomic mass is 9.93. The molecule has 0 amide bonds. The number of pyridine rings is 2.